The minimum absolute atomic E-state index is 0.0491. The van der Waals surface area contributed by atoms with Gasteiger partial charge in [-0.05, 0) is 11.5 Å². The molecule has 0 unspecified atom stereocenters. The Labute approximate surface area is 151 Å². The van der Waals surface area contributed by atoms with Crippen LogP contribution < -0.4 is 5.32 Å². The van der Waals surface area contributed by atoms with E-state index in [2.05, 4.69) is 5.32 Å². The Kier molecular flexibility index (Phi) is 5.69. The molecule has 0 fully saturated rings. The number of amides is 1. The molecular weight excluding hydrogens is 336 g/mol. The minimum atomic E-state index is -0.910. The molecule has 2 rings (SSSR count). The quantitative estimate of drug-likeness (QED) is 0.771. The molecule has 0 radical (unpaired) electrons. The standard InChI is InChI=1S/C19H24N2O5/c1-19(2,3)16(18(25)26-4)20-17(24)13-11-21(10-9-15(22)23)14-8-6-5-7-12(13)14/h5-8,11,16H,9-10H2,1-4H3,(H,20,24)(H,22,23)/t16-/m1/s1. The van der Waals surface area contributed by atoms with E-state index in [0.29, 0.717) is 10.9 Å². The van der Waals surface area contributed by atoms with Gasteiger partial charge in [-0.25, -0.2) is 4.79 Å². The third kappa shape index (κ3) is 4.22. The zero-order valence-electron chi connectivity index (χ0n) is 15.4. The van der Waals surface area contributed by atoms with E-state index in [1.807, 2.05) is 39.0 Å². The van der Waals surface area contributed by atoms with Crippen molar-refractivity contribution >= 4 is 28.7 Å². The molecule has 140 valence electrons. The maximum Gasteiger partial charge on any atom is 0.328 e. The number of rotatable bonds is 6. The van der Waals surface area contributed by atoms with Gasteiger partial charge in [0.2, 0.25) is 0 Å². The van der Waals surface area contributed by atoms with Crippen LogP contribution >= 0.6 is 0 Å². The molecular formula is C19H24N2O5. The zero-order valence-corrected chi connectivity index (χ0v) is 15.4. The van der Waals surface area contributed by atoms with Crippen LogP contribution in [0, 0.1) is 5.41 Å². The highest BCUT2D eigenvalue weighted by Crippen LogP contribution is 2.24. The number of nitrogens with zero attached hydrogens (tertiary/aromatic N) is 1. The van der Waals surface area contributed by atoms with Gasteiger partial charge in [-0.1, -0.05) is 39.0 Å². The van der Waals surface area contributed by atoms with E-state index in [9.17, 15) is 14.4 Å². The fourth-order valence-corrected chi connectivity index (χ4v) is 2.78. The van der Waals surface area contributed by atoms with E-state index in [-0.39, 0.29) is 13.0 Å². The summed E-state index contributed by atoms with van der Waals surface area (Å²) >= 11 is 0. The summed E-state index contributed by atoms with van der Waals surface area (Å²) in [4.78, 5) is 35.8. The SMILES string of the molecule is COC(=O)[C@@H](NC(=O)c1cn(CCC(=O)O)c2ccccc12)C(C)(C)C. The molecule has 0 aliphatic rings. The summed E-state index contributed by atoms with van der Waals surface area (Å²) in [6.45, 7) is 5.77. The summed E-state index contributed by atoms with van der Waals surface area (Å²) in [5, 5.41) is 12.4. The van der Waals surface area contributed by atoms with Crippen LogP contribution in [0.2, 0.25) is 0 Å². The van der Waals surface area contributed by atoms with Crippen LogP contribution in [0.5, 0.6) is 0 Å². The van der Waals surface area contributed by atoms with E-state index in [1.54, 1.807) is 16.8 Å². The number of fused-ring (bicyclic) bond motifs is 1. The number of carbonyl (C=O) groups is 3. The van der Waals surface area contributed by atoms with E-state index in [4.69, 9.17) is 9.84 Å². The maximum absolute atomic E-state index is 12.8. The largest absolute Gasteiger partial charge is 0.481 e. The number of hydrogen-bond donors (Lipinski definition) is 2. The van der Waals surface area contributed by atoms with Gasteiger partial charge >= 0.3 is 11.9 Å². The number of benzene rings is 1. The van der Waals surface area contributed by atoms with Crippen molar-refractivity contribution in [2.45, 2.75) is 39.8 Å². The molecule has 7 nitrogen and oxygen atoms in total. The molecule has 7 heteroatoms. The van der Waals surface area contributed by atoms with Gasteiger partial charge in [0, 0.05) is 23.6 Å². The minimum Gasteiger partial charge on any atom is -0.481 e. The predicted octanol–water partition coefficient (Wildman–Crippen LogP) is 2.43. The third-order valence-electron chi connectivity index (χ3n) is 4.18. The van der Waals surface area contributed by atoms with Crippen LogP contribution in [0.4, 0.5) is 0 Å². The zero-order chi connectivity index (χ0) is 19.5. The first-order valence-corrected chi connectivity index (χ1v) is 8.33. The summed E-state index contributed by atoms with van der Waals surface area (Å²) in [5.41, 5.74) is 0.637. The average Bonchev–Trinajstić information content (AvgIpc) is 2.95. The lowest BCUT2D eigenvalue weighted by molar-refractivity contribution is -0.145. The number of methoxy groups -OCH3 is 1. The molecule has 1 heterocycles. The highest BCUT2D eigenvalue weighted by atomic mass is 16.5. The molecule has 2 N–H and O–H groups in total. The van der Waals surface area contributed by atoms with Gasteiger partial charge in [-0.3, -0.25) is 9.59 Å². The summed E-state index contributed by atoms with van der Waals surface area (Å²) < 4.78 is 6.55. The van der Waals surface area contributed by atoms with E-state index in [1.165, 1.54) is 7.11 Å². The first-order valence-electron chi connectivity index (χ1n) is 8.33. The summed E-state index contributed by atoms with van der Waals surface area (Å²) in [5.74, 6) is -1.83. The summed E-state index contributed by atoms with van der Waals surface area (Å²) in [6, 6.07) is 6.46. The highest BCUT2D eigenvalue weighted by Gasteiger charge is 2.34. The lowest BCUT2D eigenvalue weighted by Gasteiger charge is -2.28. The molecule has 26 heavy (non-hydrogen) atoms. The molecule has 0 saturated heterocycles. The number of carboxylic acid groups (broad SMARTS) is 1. The van der Waals surface area contributed by atoms with E-state index in [0.717, 1.165) is 5.52 Å². The van der Waals surface area contributed by atoms with E-state index < -0.39 is 29.3 Å². The predicted molar refractivity (Wildman–Crippen MR) is 96.9 cm³/mol. The normalized spacial score (nSPS) is 12.6. The Bertz CT molecular complexity index is 832. The Morgan fingerprint density at radius 1 is 1.23 bits per heavy atom. The number of aliphatic carboxylic acids is 1. The van der Waals surface area contributed by atoms with Crippen LogP contribution in [0.1, 0.15) is 37.6 Å². The topological polar surface area (TPSA) is 97.6 Å². The Hall–Kier alpha value is -2.83. The van der Waals surface area contributed by atoms with Crippen LogP contribution in [0.15, 0.2) is 30.5 Å². The van der Waals surface area contributed by atoms with Gasteiger partial charge in [0.05, 0.1) is 19.1 Å². The van der Waals surface area contributed by atoms with Crippen LogP contribution in [-0.2, 0) is 20.9 Å². The lowest BCUT2D eigenvalue weighted by atomic mass is 9.86. The fourth-order valence-electron chi connectivity index (χ4n) is 2.78. The Morgan fingerprint density at radius 2 is 1.88 bits per heavy atom. The van der Waals surface area contributed by atoms with Crippen molar-refractivity contribution < 1.29 is 24.2 Å². The molecule has 1 aromatic carbocycles. The van der Waals surface area contributed by atoms with Crippen LogP contribution in [0.25, 0.3) is 10.9 Å². The summed E-state index contributed by atoms with van der Waals surface area (Å²) in [6.07, 6.45) is 1.58. The number of carbonyl (C=O) groups excluding carboxylic acids is 2. The summed E-state index contributed by atoms with van der Waals surface area (Å²) in [7, 11) is 1.28. The molecule has 2 aromatic rings. The van der Waals surface area contributed by atoms with Crippen molar-refractivity contribution in [3.8, 4) is 0 Å². The second kappa shape index (κ2) is 7.59. The Morgan fingerprint density at radius 3 is 2.46 bits per heavy atom. The van der Waals surface area contributed by atoms with Gasteiger partial charge in [0.15, 0.2) is 0 Å². The molecule has 0 aliphatic heterocycles. The van der Waals surface area contributed by atoms with Gasteiger partial charge in [0.1, 0.15) is 6.04 Å². The Balaban J connectivity index is 2.38. The van der Waals surface area contributed by atoms with Crippen LogP contribution in [0.3, 0.4) is 0 Å². The number of ether oxygens (including phenoxy) is 1. The first kappa shape index (κ1) is 19.5. The maximum atomic E-state index is 12.8. The number of esters is 1. The molecule has 0 bridgehead atoms. The number of carboxylic acids is 1. The highest BCUT2D eigenvalue weighted by molar-refractivity contribution is 6.08. The van der Waals surface area contributed by atoms with Crippen molar-refractivity contribution in [3.63, 3.8) is 0 Å². The van der Waals surface area contributed by atoms with Crippen molar-refractivity contribution in [1.82, 2.24) is 9.88 Å². The smallest absolute Gasteiger partial charge is 0.328 e. The molecule has 0 saturated carbocycles. The van der Waals surface area contributed by atoms with Crippen molar-refractivity contribution in [2.75, 3.05) is 7.11 Å². The van der Waals surface area contributed by atoms with E-state index >= 15 is 0 Å². The number of nitrogens with one attached hydrogen (secondary N) is 1. The fraction of sp³-hybridized carbons (Fsp3) is 0.421. The van der Waals surface area contributed by atoms with Crippen molar-refractivity contribution in [1.29, 1.82) is 0 Å². The number of aromatic nitrogens is 1. The molecule has 0 spiro atoms. The lowest BCUT2D eigenvalue weighted by Crippen LogP contribution is -2.49. The third-order valence-corrected chi connectivity index (χ3v) is 4.18. The number of para-hydroxylation sites is 1. The van der Waals surface area contributed by atoms with Crippen molar-refractivity contribution in [2.24, 2.45) is 5.41 Å². The number of hydrogen-bond acceptors (Lipinski definition) is 4. The van der Waals surface area contributed by atoms with Gasteiger partial charge < -0.3 is 19.7 Å². The molecule has 1 aromatic heterocycles. The number of aryl methyl sites for hydroxylation is 1. The van der Waals surface area contributed by atoms with Gasteiger partial charge in [-0.15, -0.1) is 0 Å². The molecule has 1 atom stereocenters. The monoisotopic (exact) mass is 360 g/mol. The van der Waals surface area contributed by atoms with Crippen LogP contribution in [-0.4, -0.2) is 40.7 Å². The molecule has 1 amide bonds. The molecule has 0 aliphatic carbocycles. The van der Waals surface area contributed by atoms with Crippen molar-refractivity contribution in [3.05, 3.63) is 36.0 Å². The van der Waals surface area contributed by atoms with Gasteiger partial charge in [-0.2, -0.15) is 0 Å². The first-order chi connectivity index (χ1) is 12.1. The second-order valence-electron chi connectivity index (χ2n) is 7.19. The van der Waals surface area contributed by atoms with Gasteiger partial charge in [0.25, 0.3) is 5.91 Å². The average molecular weight is 360 g/mol. The second-order valence-corrected chi connectivity index (χ2v) is 7.19.